The number of hydrogen-bond acceptors (Lipinski definition) is 5. The first-order valence-electron chi connectivity index (χ1n) is 4.34. The Morgan fingerprint density at radius 3 is 2.62 bits per heavy atom. The third-order valence-corrected chi connectivity index (χ3v) is 2.06. The highest BCUT2D eigenvalue weighted by molar-refractivity contribution is 6.30. The Morgan fingerprint density at radius 2 is 2.06 bits per heavy atom. The first kappa shape index (κ1) is 10.5. The molecule has 0 fully saturated rings. The molecule has 0 aliphatic carbocycles. The number of carbonyl (C=O) groups is 1. The van der Waals surface area contributed by atoms with Gasteiger partial charge in [-0.2, -0.15) is 0 Å². The Hall–Kier alpha value is -2.01. The molecule has 0 saturated carbocycles. The van der Waals surface area contributed by atoms with Crippen LogP contribution in [0.25, 0.3) is 0 Å². The summed E-state index contributed by atoms with van der Waals surface area (Å²) in [5.41, 5.74) is 5.58. The molecule has 1 heterocycles. The van der Waals surface area contributed by atoms with E-state index in [1.54, 1.807) is 24.3 Å². The van der Waals surface area contributed by atoms with Crippen LogP contribution in [-0.4, -0.2) is 11.1 Å². The summed E-state index contributed by atoms with van der Waals surface area (Å²) in [5, 5.41) is 3.93. The molecule has 0 spiro atoms. The van der Waals surface area contributed by atoms with Gasteiger partial charge in [-0.1, -0.05) is 16.8 Å². The van der Waals surface area contributed by atoms with Crippen molar-refractivity contribution in [1.29, 1.82) is 0 Å². The lowest BCUT2D eigenvalue weighted by Gasteiger charge is -2.01. The number of nitrogen functional groups attached to an aromatic ring is 1. The van der Waals surface area contributed by atoms with Gasteiger partial charge in [-0.3, -0.25) is 0 Å². The topological polar surface area (TPSA) is 78.4 Å². The van der Waals surface area contributed by atoms with Gasteiger partial charge in [0.15, 0.2) is 0 Å². The fraction of sp³-hybridized carbons (Fsp3) is 0. The van der Waals surface area contributed by atoms with Crippen LogP contribution in [0.5, 0.6) is 5.75 Å². The van der Waals surface area contributed by atoms with Gasteiger partial charge in [0.05, 0.1) is 6.20 Å². The highest BCUT2D eigenvalue weighted by Crippen LogP contribution is 2.18. The molecule has 0 aliphatic heterocycles. The van der Waals surface area contributed by atoms with Crippen LogP contribution < -0.4 is 10.5 Å². The molecule has 0 amide bonds. The van der Waals surface area contributed by atoms with Gasteiger partial charge in [-0.25, -0.2) is 4.79 Å². The molecule has 1 aromatic carbocycles. The predicted molar refractivity (Wildman–Crippen MR) is 57.3 cm³/mol. The number of carbonyl (C=O) groups excluding carboxylic acids is 1. The minimum atomic E-state index is -0.697. The molecule has 0 aliphatic rings. The van der Waals surface area contributed by atoms with Gasteiger partial charge in [0.25, 0.3) is 5.76 Å². The summed E-state index contributed by atoms with van der Waals surface area (Å²) in [5.74, 6) is -0.461. The zero-order valence-corrected chi connectivity index (χ0v) is 8.77. The third kappa shape index (κ3) is 2.14. The van der Waals surface area contributed by atoms with E-state index in [4.69, 9.17) is 22.1 Å². The molecule has 1 aromatic heterocycles. The number of halogens is 1. The highest BCUT2D eigenvalue weighted by atomic mass is 35.5. The van der Waals surface area contributed by atoms with Crippen molar-refractivity contribution in [1.82, 2.24) is 5.16 Å². The van der Waals surface area contributed by atoms with Crippen LogP contribution in [0, 0.1) is 0 Å². The van der Waals surface area contributed by atoms with Crippen LogP contribution >= 0.6 is 11.6 Å². The van der Waals surface area contributed by atoms with E-state index < -0.39 is 5.97 Å². The second kappa shape index (κ2) is 4.24. The van der Waals surface area contributed by atoms with Gasteiger partial charge >= 0.3 is 5.97 Å². The number of esters is 1. The van der Waals surface area contributed by atoms with Crippen molar-refractivity contribution in [2.24, 2.45) is 0 Å². The molecule has 0 radical (unpaired) electrons. The van der Waals surface area contributed by atoms with Gasteiger partial charge in [0.2, 0.25) is 0 Å². The summed E-state index contributed by atoms with van der Waals surface area (Å²) in [6.45, 7) is 0. The first-order valence-corrected chi connectivity index (χ1v) is 4.72. The molecule has 5 nitrogen and oxygen atoms in total. The van der Waals surface area contributed by atoms with Crippen molar-refractivity contribution >= 4 is 23.3 Å². The highest BCUT2D eigenvalue weighted by Gasteiger charge is 2.17. The van der Waals surface area contributed by atoms with E-state index in [0.29, 0.717) is 10.8 Å². The predicted octanol–water partition coefficient (Wildman–Crippen LogP) is 2.13. The lowest BCUT2D eigenvalue weighted by Crippen LogP contribution is -2.09. The number of ether oxygens (including phenoxy) is 1. The number of nitrogens with two attached hydrogens (primary N) is 1. The van der Waals surface area contributed by atoms with Crippen LogP contribution in [0.1, 0.15) is 10.6 Å². The molecular weight excluding hydrogens is 232 g/mol. The number of benzene rings is 1. The van der Waals surface area contributed by atoms with Crippen LogP contribution in [0.4, 0.5) is 5.69 Å². The van der Waals surface area contributed by atoms with Gasteiger partial charge in [-0.15, -0.1) is 0 Å². The largest absolute Gasteiger partial charge is 0.421 e. The van der Waals surface area contributed by atoms with Crippen molar-refractivity contribution in [3.63, 3.8) is 0 Å². The second-order valence-corrected chi connectivity index (χ2v) is 3.39. The summed E-state index contributed by atoms with van der Waals surface area (Å²) >= 11 is 5.68. The first-order chi connectivity index (χ1) is 7.66. The average molecular weight is 239 g/mol. The van der Waals surface area contributed by atoms with Crippen molar-refractivity contribution in [2.75, 3.05) is 5.73 Å². The number of hydrogen-bond donors (Lipinski definition) is 1. The normalized spacial score (nSPS) is 10.1. The molecule has 2 N–H and O–H groups in total. The molecule has 0 unspecified atom stereocenters. The Kier molecular flexibility index (Phi) is 2.78. The standard InChI is InChI=1S/C10H7ClN2O3/c11-6-1-3-7(4-2-6)15-10(14)9-8(12)5-13-16-9/h1-5H,12H2. The monoisotopic (exact) mass is 238 g/mol. The molecule has 0 saturated heterocycles. The van der Waals surface area contributed by atoms with E-state index in [0.717, 1.165) is 0 Å². The van der Waals surface area contributed by atoms with E-state index in [1.807, 2.05) is 0 Å². The molecule has 2 rings (SSSR count). The van der Waals surface area contributed by atoms with Crippen LogP contribution in [-0.2, 0) is 0 Å². The van der Waals surface area contributed by atoms with E-state index >= 15 is 0 Å². The van der Waals surface area contributed by atoms with E-state index in [2.05, 4.69) is 9.68 Å². The Labute approximate surface area is 95.7 Å². The van der Waals surface area contributed by atoms with Crippen molar-refractivity contribution in [3.8, 4) is 5.75 Å². The summed E-state index contributed by atoms with van der Waals surface area (Å²) in [4.78, 5) is 11.5. The minimum absolute atomic E-state index is 0.116. The molecule has 16 heavy (non-hydrogen) atoms. The Bertz CT molecular complexity index is 507. The minimum Gasteiger partial charge on any atom is -0.421 e. The number of aromatic nitrogens is 1. The van der Waals surface area contributed by atoms with E-state index in [9.17, 15) is 4.79 Å². The summed E-state index contributed by atoms with van der Waals surface area (Å²) in [6.07, 6.45) is 1.23. The van der Waals surface area contributed by atoms with E-state index in [1.165, 1.54) is 6.20 Å². The third-order valence-electron chi connectivity index (χ3n) is 1.81. The molecule has 82 valence electrons. The quantitative estimate of drug-likeness (QED) is 0.641. The number of rotatable bonds is 2. The summed E-state index contributed by atoms with van der Waals surface area (Å²) in [7, 11) is 0. The zero-order chi connectivity index (χ0) is 11.5. The fourth-order valence-corrected chi connectivity index (χ4v) is 1.18. The average Bonchev–Trinajstić information content (AvgIpc) is 2.68. The lowest BCUT2D eigenvalue weighted by atomic mass is 10.3. The van der Waals surface area contributed by atoms with Crippen LogP contribution in [0.3, 0.4) is 0 Å². The Morgan fingerprint density at radius 1 is 1.38 bits per heavy atom. The van der Waals surface area contributed by atoms with Crippen molar-refractivity contribution < 1.29 is 14.1 Å². The zero-order valence-electron chi connectivity index (χ0n) is 8.01. The second-order valence-electron chi connectivity index (χ2n) is 2.95. The maximum Gasteiger partial charge on any atom is 0.384 e. The van der Waals surface area contributed by atoms with Crippen molar-refractivity contribution in [2.45, 2.75) is 0 Å². The molecule has 2 aromatic rings. The van der Waals surface area contributed by atoms with Gasteiger partial charge in [-0.05, 0) is 24.3 Å². The number of nitrogens with zero attached hydrogens (tertiary/aromatic N) is 1. The smallest absolute Gasteiger partial charge is 0.384 e. The number of anilines is 1. The molecular formula is C10H7ClN2O3. The van der Waals surface area contributed by atoms with Crippen LogP contribution in [0.15, 0.2) is 35.0 Å². The van der Waals surface area contributed by atoms with Gasteiger partial charge in [0, 0.05) is 5.02 Å². The maximum atomic E-state index is 11.5. The van der Waals surface area contributed by atoms with Gasteiger partial charge in [0.1, 0.15) is 11.4 Å². The van der Waals surface area contributed by atoms with E-state index in [-0.39, 0.29) is 11.4 Å². The SMILES string of the molecule is Nc1cnoc1C(=O)Oc1ccc(Cl)cc1. The Balaban J connectivity index is 2.14. The molecule has 0 bridgehead atoms. The van der Waals surface area contributed by atoms with Gasteiger partial charge < -0.3 is 15.0 Å². The lowest BCUT2D eigenvalue weighted by molar-refractivity contribution is 0.0692. The molecule has 6 heteroatoms. The van der Waals surface area contributed by atoms with Crippen molar-refractivity contribution in [3.05, 3.63) is 41.2 Å². The molecule has 0 atom stereocenters. The maximum absolute atomic E-state index is 11.5. The summed E-state index contributed by atoms with van der Waals surface area (Å²) < 4.78 is 9.63. The fourth-order valence-electron chi connectivity index (χ4n) is 1.06. The van der Waals surface area contributed by atoms with Crippen LogP contribution in [0.2, 0.25) is 5.02 Å². The summed E-state index contributed by atoms with van der Waals surface area (Å²) in [6, 6.07) is 6.33.